The summed E-state index contributed by atoms with van der Waals surface area (Å²) < 4.78 is 0. The van der Waals surface area contributed by atoms with Gasteiger partial charge in [-0.25, -0.2) is 0 Å². The van der Waals surface area contributed by atoms with Gasteiger partial charge in [0.1, 0.15) is 0 Å². The zero-order valence-corrected chi connectivity index (χ0v) is 14.6. The first kappa shape index (κ1) is 16.8. The van der Waals surface area contributed by atoms with Crippen LogP contribution in [0.2, 0.25) is 0 Å². The number of nitrogens with one attached hydrogen (secondary N) is 1. The Morgan fingerprint density at radius 2 is 2.08 bits per heavy atom. The highest BCUT2D eigenvalue weighted by molar-refractivity contribution is 5.89. The molecule has 2 aliphatic rings. The van der Waals surface area contributed by atoms with Crippen molar-refractivity contribution in [2.45, 2.75) is 39.2 Å². The van der Waals surface area contributed by atoms with Gasteiger partial charge in [-0.1, -0.05) is 18.2 Å². The van der Waals surface area contributed by atoms with Crippen LogP contribution in [0.4, 0.5) is 5.69 Å². The average molecular weight is 329 g/mol. The lowest BCUT2D eigenvalue weighted by Gasteiger charge is -2.25. The number of amides is 2. The van der Waals surface area contributed by atoms with Crippen molar-refractivity contribution in [3.8, 4) is 0 Å². The second kappa shape index (κ2) is 7.24. The van der Waals surface area contributed by atoms with Crippen molar-refractivity contribution in [3.05, 3.63) is 29.8 Å². The second-order valence-corrected chi connectivity index (χ2v) is 6.84. The molecule has 0 spiro atoms. The smallest absolute Gasteiger partial charge is 0.225 e. The summed E-state index contributed by atoms with van der Waals surface area (Å²) in [6.45, 7) is 7.11. The Hall–Kier alpha value is -2.04. The largest absolute Gasteiger partial charge is 0.370 e. The lowest BCUT2D eigenvalue weighted by atomic mass is 10.1. The number of rotatable bonds is 7. The van der Waals surface area contributed by atoms with Gasteiger partial charge < -0.3 is 15.1 Å². The van der Waals surface area contributed by atoms with Crippen molar-refractivity contribution in [2.75, 3.05) is 31.1 Å². The Morgan fingerprint density at radius 3 is 2.75 bits per heavy atom. The Balaban J connectivity index is 1.48. The van der Waals surface area contributed by atoms with Crippen molar-refractivity contribution in [1.82, 2.24) is 10.2 Å². The van der Waals surface area contributed by atoms with Crippen molar-refractivity contribution in [1.29, 1.82) is 0 Å². The molecular formula is C19H27N3O2. The number of anilines is 1. The SMILES string of the molecule is CCN(CCNC(=O)C1CC(=O)N(C2CC2)C1)c1ccccc1C. The monoisotopic (exact) mass is 329 g/mol. The summed E-state index contributed by atoms with van der Waals surface area (Å²) in [6, 6.07) is 8.71. The minimum atomic E-state index is -0.174. The van der Waals surface area contributed by atoms with Crippen molar-refractivity contribution >= 4 is 17.5 Å². The number of nitrogens with zero attached hydrogens (tertiary/aromatic N) is 2. The fraction of sp³-hybridized carbons (Fsp3) is 0.579. The van der Waals surface area contributed by atoms with Crippen LogP contribution >= 0.6 is 0 Å². The summed E-state index contributed by atoms with van der Waals surface area (Å²) in [5.74, 6) is -0.00767. The maximum atomic E-state index is 12.3. The Bertz CT molecular complexity index is 612. The van der Waals surface area contributed by atoms with Gasteiger partial charge in [0.05, 0.1) is 5.92 Å². The zero-order chi connectivity index (χ0) is 17.1. The molecule has 1 aromatic rings. The summed E-state index contributed by atoms with van der Waals surface area (Å²) in [6.07, 6.45) is 2.57. The summed E-state index contributed by atoms with van der Waals surface area (Å²) in [7, 11) is 0. The third kappa shape index (κ3) is 3.71. The number of carbonyl (C=O) groups excluding carboxylic acids is 2. The van der Waals surface area contributed by atoms with E-state index in [0.29, 0.717) is 25.6 Å². The minimum absolute atomic E-state index is 0.0207. The van der Waals surface area contributed by atoms with Crippen LogP contribution in [-0.2, 0) is 9.59 Å². The number of hydrogen-bond acceptors (Lipinski definition) is 3. The number of likely N-dealkylation sites (N-methyl/N-ethyl adjacent to an activating group) is 1. The van der Waals surface area contributed by atoms with E-state index in [1.807, 2.05) is 17.0 Å². The summed E-state index contributed by atoms with van der Waals surface area (Å²) in [5, 5.41) is 3.02. The van der Waals surface area contributed by atoms with Gasteiger partial charge in [0, 0.05) is 44.3 Å². The predicted molar refractivity (Wildman–Crippen MR) is 94.9 cm³/mol. The number of para-hydroxylation sites is 1. The highest BCUT2D eigenvalue weighted by Gasteiger charge is 2.41. The van der Waals surface area contributed by atoms with Crippen molar-refractivity contribution < 1.29 is 9.59 Å². The van der Waals surface area contributed by atoms with Gasteiger partial charge in [-0.15, -0.1) is 0 Å². The molecule has 0 radical (unpaired) electrons. The number of benzene rings is 1. The molecule has 5 nitrogen and oxygen atoms in total. The molecule has 1 N–H and O–H groups in total. The first-order valence-corrected chi connectivity index (χ1v) is 8.98. The molecule has 130 valence electrons. The molecule has 1 heterocycles. The third-order valence-electron chi connectivity index (χ3n) is 5.04. The highest BCUT2D eigenvalue weighted by Crippen LogP contribution is 2.32. The molecule has 0 aromatic heterocycles. The lowest BCUT2D eigenvalue weighted by molar-refractivity contribution is -0.129. The van der Waals surface area contributed by atoms with E-state index in [1.54, 1.807) is 0 Å². The first-order chi connectivity index (χ1) is 11.6. The van der Waals surface area contributed by atoms with Gasteiger partial charge in [0.25, 0.3) is 0 Å². The van der Waals surface area contributed by atoms with Gasteiger partial charge in [0.2, 0.25) is 11.8 Å². The quantitative estimate of drug-likeness (QED) is 0.832. The van der Waals surface area contributed by atoms with Crippen LogP contribution < -0.4 is 10.2 Å². The van der Waals surface area contributed by atoms with E-state index < -0.39 is 0 Å². The summed E-state index contributed by atoms with van der Waals surface area (Å²) in [5.41, 5.74) is 2.46. The molecule has 1 saturated carbocycles. The maximum Gasteiger partial charge on any atom is 0.225 e. The Labute approximate surface area is 144 Å². The molecule has 1 aliphatic carbocycles. The molecule has 1 saturated heterocycles. The van der Waals surface area contributed by atoms with Gasteiger partial charge in [-0.3, -0.25) is 9.59 Å². The molecule has 1 unspecified atom stereocenters. The van der Waals surface area contributed by atoms with Gasteiger partial charge in [0.15, 0.2) is 0 Å². The van der Waals surface area contributed by atoms with Crippen LogP contribution in [0.5, 0.6) is 0 Å². The lowest BCUT2D eigenvalue weighted by Crippen LogP contribution is -2.39. The van der Waals surface area contributed by atoms with E-state index in [1.165, 1.54) is 11.3 Å². The summed E-state index contributed by atoms with van der Waals surface area (Å²) in [4.78, 5) is 28.5. The normalized spacial score (nSPS) is 20.3. The topological polar surface area (TPSA) is 52.7 Å². The van der Waals surface area contributed by atoms with E-state index in [0.717, 1.165) is 25.9 Å². The van der Waals surface area contributed by atoms with Crippen molar-refractivity contribution in [2.24, 2.45) is 5.92 Å². The second-order valence-electron chi connectivity index (χ2n) is 6.84. The highest BCUT2D eigenvalue weighted by atomic mass is 16.2. The molecule has 1 aliphatic heterocycles. The van der Waals surface area contributed by atoms with Crippen molar-refractivity contribution in [3.63, 3.8) is 0 Å². The Kier molecular flexibility index (Phi) is 5.07. The number of carbonyl (C=O) groups is 2. The number of aryl methyl sites for hydroxylation is 1. The van der Waals surface area contributed by atoms with E-state index in [4.69, 9.17) is 0 Å². The van der Waals surface area contributed by atoms with E-state index >= 15 is 0 Å². The molecule has 5 heteroatoms. The van der Waals surface area contributed by atoms with Gasteiger partial charge >= 0.3 is 0 Å². The third-order valence-corrected chi connectivity index (χ3v) is 5.04. The molecule has 24 heavy (non-hydrogen) atoms. The fourth-order valence-electron chi connectivity index (χ4n) is 3.47. The Morgan fingerprint density at radius 1 is 1.33 bits per heavy atom. The predicted octanol–water partition coefficient (Wildman–Crippen LogP) is 1.95. The molecule has 1 atom stereocenters. The van der Waals surface area contributed by atoms with E-state index in [2.05, 4.69) is 36.2 Å². The van der Waals surface area contributed by atoms with Gasteiger partial charge in [-0.2, -0.15) is 0 Å². The molecule has 0 bridgehead atoms. The first-order valence-electron chi connectivity index (χ1n) is 8.98. The minimum Gasteiger partial charge on any atom is -0.370 e. The van der Waals surface area contributed by atoms with Crippen LogP contribution in [0.15, 0.2) is 24.3 Å². The molecule has 2 amide bonds. The molecule has 3 rings (SSSR count). The number of hydrogen-bond donors (Lipinski definition) is 1. The van der Waals surface area contributed by atoms with Crippen LogP contribution in [0.3, 0.4) is 0 Å². The molecule has 2 fully saturated rings. The summed E-state index contributed by atoms with van der Waals surface area (Å²) >= 11 is 0. The van der Waals surface area contributed by atoms with E-state index in [-0.39, 0.29) is 17.7 Å². The van der Waals surface area contributed by atoms with Crippen LogP contribution in [0, 0.1) is 12.8 Å². The standard InChI is InChI=1S/C19H27N3O2/c1-3-21(17-7-5-4-6-14(17)2)11-10-20-19(24)15-12-18(23)22(13-15)16-8-9-16/h4-7,15-16H,3,8-13H2,1-2H3,(H,20,24). The zero-order valence-electron chi connectivity index (χ0n) is 14.6. The number of likely N-dealkylation sites (tertiary alicyclic amines) is 1. The maximum absolute atomic E-state index is 12.3. The average Bonchev–Trinajstić information content (AvgIpc) is 3.34. The van der Waals surface area contributed by atoms with E-state index in [9.17, 15) is 9.59 Å². The van der Waals surface area contributed by atoms with Crippen LogP contribution in [-0.4, -0.2) is 48.9 Å². The molecule has 1 aromatic carbocycles. The fourth-order valence-corrected chi connectivity index (χ4v) is 3.47. The van der Waals surface area contributed by atoms with Crippen LogP contribution in [0.25, 0.3) is 0 Å². The van der Waals surface area contributed by atoms with Crippen LogP contribution in [0.1, 0.15) is 31.7 Å². The molecular weight excluding hydrogens is 302 g/mol. The van der Waals surface area contributed by atoms with Gasteiger partial charge in [-0.05, 0) is 38.3 Å².